The molecular weight excluding hydrogens is 623 g/mol. The summed E-state index contributed by atoms with van der Waals surface area (Å²) in [6, 6.07) is 16.8. The highest BCUT2D eigenvalue weighted by Gasteiger charge is 2.25. The van der Waals surface area contributed by atoms with Crippen molar-refractivity contribution in [2.24, 2.45) is 0 Å². The lowest BCUT2D eigenvalue weighted by Crippen LogP contribution is -2.41. The number of para-hydroxylation sites is 1. The molecule has 0 bridgehead atoms. The molecule has 246 valence electrons. The second-order valence-corrected chi connectivity index (χ2v) is 13.9. The summed E-state index contributed by atoms with van der Waals surface area (Å²) in [6.45, 7) is 7.94. The average Bonchev–Trinajstić information content (AvgIpc) is 3.60. The molecule has 4 N–H and O–H groups in total. The summed E-state index contributed by atoms with van der Waals surface area (Å²) in [4.78, 5) is 19.2. The summed E-state index contributed by atoms with van der Waals surface area (Å²) in [5.41, 5.74) is 9.10. The third-order valence-corrected chi connectivity index (χ3v) is 8.86. The smallest absolute Gasteiger partial charge is 0.229 e. The predicted octanol–water partition coefficient (Wildman–Crippen LogP) is 6.03. The molecule has 0 unspecified atom stereocenters. The van der Waals surface area contributed by atoms with E-state index in [-0.39, 0.29) is 40.4 Å². The lowest BCUT2D eigenvalue weighted by atomic mass is 10.1. The lowest BCUT2D eigenvalue weighted by Gasteiger charge is -2.34. The molecule has 5 aromatic rings. The number of benzene rings is 3. The first-order valence-corrected chi connectivity index (χ1v) is 17.2. The van der Waals surface area contributed by atoms with Gasteiger partial charge in [0.25, 0.3) is 0 Å². The fourth-order valence-electron chi connectivity index (χ4n) is 5.80. The normalized spacial score (nSPS) is 14.5. The Hall–Kier alpha value is -4.88. The molecule has 0 atom stereocenters. The van der Waals surface area contributed by atoms with Crippen LogP contribution in [0.4, 0.5) is 15.9 Å². The lowest BCUT2D eigenvalue weighted by molar-refractivity contribution is 0.0849. The molecule has 0 radical (unpaired) electrons. The quantitative estimate of drug-likeness (QED) is 0.154. The van der Waals surface area contributed by atoms with Crippen LogP contribution in [-0.2, 0) is 10.0 Å². The number of H-pyrrole nitrogens is 1. The number of likely N-dealkylation sites (tertiary alicyclic amines) is 1. The van der Waals surface area contributed by atoms with Crippen LogP contribution in [-0.4, -0.2) is 65.4 Å². The van der Waals surface area contributed by atoms with E-state index in [0.717, 1.165) is 37.8 Å². The van der Waals surface area contributed by atoms with E-state index < -0.39 is 15.8 Å². The number of carbonyl (C=O) groups excluding carboxylic acids is 1. The Bertz CT molecular complexity index is 2060. The number of hydrogen-bond acceptors (Lipinski definition) is 8. The average molecular weight is 661 g/mol. The number of aromatic amines is 1. The number of ketones is 1. The standard InChI is InChI=1S/C34H37FN6O5S/c1-20(2)40-13-11-23(12-14-40)45-32-17-22-16-29(38-27(22)18-28(32)39-47(4,43)44)33(42)25-19-37-41(34(25)36)30-10-9-24(15-21(30)3)46-31-8-6-5-7-26(31)35/h5-10,15-20,23,38-39H,11-14,36H2,1-4H3. The molecule has 0 saturated carbocycles. The summed E-state index contributed by atoms with van der Waals surface area (Å²) in [5, 5.41) is 5.06. The second-order valence-electron chi connectivity index (χ2n) is 12.1. The van der Waals surface area contributed by atoms with Crippen LogP contribution in [0.3, 0.4) is 0 Å². The van der Waals surface area contributed by atoms with E-state index in [9.17, 15) is 17.6 Å². The summed E-state index contributed by atoms with van der Waals surface area (Å²) in [6.07, 6.45) is 4.04. The molecule has 1 saturated heterocycles. The Morgan fingerprint density at radius 1 is 1.09 bits per heavy atom. The maximum Gasteiger partial charge on any atom is 0.229 e. The number of nitrogen functional groups attached to an aromatic ring is 1. The van der Waals surface area contributed by atoms with E-state index in [0.29, 0.717) is 34.1 Å². The zero-order valence-corrected chi connectivity index (χ0v) is 27.4. The zero-order valence-electron chi connectivity index (χ0n) is 26.6. The second kappa shape index (κ2) is 12.7. The van der Waals surface area contributed by atoms with Crippen molar-refractivity contribution in [1.82, 2.24) is 19.7 Å². The monoisotopic (exact) mass is 660 g/mol. The number of nitrogens with two attached hydrogens (primary N) is 1. The number of sulfonamides is 1. The van der Waals surface area contributed by atoms with E-state index in [1.54, 1.807) is 54.6 Å². The van der Waals surface area contributed by atoms with Gasteiger partial charge in [0.05, 0.1) is 35.1 Å². The number of anilines is 2. The van der Waals surface area contributed by atoms with E-state index in [1.807, 2.05) is 6.92 Å². The van der Waals surface area contributed by atoms with Crippen molar-refractivity contribution in [3.8, 4) is 22.9 Å². The minimum absolute atomic E-state index is 0.0724. The molecule has 13 heteroatoms. The van der Waals surface area contributed by atoms with Gasteiger partial charge in [-0.3, -0.25) is 9.52 Å². The van der Waals surface area contributed by atoms with Crippen LogP contribution in [0.1, 0.15) is 48.3 Å². The largest absolute Gasteiger partial charge is 0.488 e. The van der Waals surface area contributed by atoms with Gasteiger partial charge in [-0.25, -0.2) is 17.5 Å². The molecule has 0 amide bonds. The fraction of sp³-hybridized carbons (Fsp3) is 0.294. The number of ether oxygens (including phenoxy) is 2. The molecule has 3 aromatic carbocycles. The van der Waals surface area contributed by atoms with Gasteiger partial charge in [0, 0.05) is 30.0 Å². The van der Waals surface area contributed by atoms with Gasteiger partial charge in [-0.05, 0) is 87.7 Å². The summed E-state index contributed by atoms with van der Waals surface area (Å²) < 4.78 is 54.5. The molecule has 3 heterocycles. The Labute approximate surface area is 272 Å². The van der Waals surface area contributed by atoms with Crippen molar-refractivity contribution in [1.29, 1.82) is 0 Å². The van der Waals surface area contributed by atoms with Crippen LogP contribution in [0, 0.1) is 12.7 Å². The van der Waals surface area contributed by atoms with Crippen LogP contribution >= 0.6 is 0 Å². The van der Waals surface area contributed by atoms with Gasteiger partial charge < -0.3 is 25.1 Å². The molecule has 1 fully saturated rings. The number of aryl methyl sites for hydroxylation is 1. The maximum absolute atomic E-state index is 14.1. The molecule has 2 aromatic heterocycles. The number of hydrogen-bond donors (Lipinski definition) is 3. The number of fused-ring (bicyclic) bond motifs is 1. The predicted molar refractivity (Wildman–Crippen MR) is 180 cm³/mol. The van der Waals surface area contributed by atoms with Gasteiger partial charge in [-0.2, -0.15) is 5.10 Å². The number of halogens is 1. The van der Waals surface area contributed by atoms with Gasteiger partial charge >= 0.3 is 0 Å². The Balaban J connectivity index is 1.25. The van der Waals surface area contributed by atoms with Crippen molar-refractivity contribution >= 4 is 38.2 Å². The molecule has 11 nitrogen and oxygen atoms in total. The Morgan fingerprint density at radius 3 is 2.51 bits per heavy atom. The first kappa shape index (κ1) is 32.1. The number of rotatable bonds is 10. The van der Waals surface area contributed by atoms with Crippen molar-refractivity contribution in [3.63, 3.8) is 0 Å². The highest BCUT2D eigenvalue weighted by molar-refractivity contribution is 7.92. The van der Waals surface area contributed by atoms with Gasteiger partial charge in [-0.15, -0.1) is 0 Å². The van der Waals surface area contributed by atoms with Crippen molar-refractivity contribution in [2.45, 2.75) is 45.8 Å². The number of piperidine rings is 1. The molecule has 1 aliphatic heterocycles. The molecule has 6 rings (SSSR count). The van der Waals surface area contributed by atoms with Crippen molar-refractivity contribution in [3.05, 3.63) is 89.5 Å². The van der Waals surface area contributed by atoms with Crippen molar-refractivity contribution < 1.29 is 27.1 Å². The summed E-state index contributed by atoms with van der Waals surface area (Å²) >= 11 is 0. The highest BCUT2D eigenvalue weighted by atomic mass is 32.2. The number of carbonyl (C=O) groups is 1. The molecule has 0 spiro atoms. The maximum atomic E-state index is 14.1. The van der Waals surface area contributed by atoms with Crippen LogP contribution in [0.15, 0.2) is 66.9 Å². The van der Waals surface area contributed by atoms with Crippen LogP contribution in [0.2, 0.25) is 0 Å². The molecule has 0 aliphatic carbocycles. The Kier molecular flexibility index (Phi) is 8.68. The van der Waals surface area contributed by atoms with E-state index in [4.69, 9.17) is 15.2 Å². The SMILES string of the molecule is Cc1cc(Oc2ccccc2F)ccc1-n1ncc(C(=O)c2cc3cc(OC4CCN(C(C)C)CC4)c(NS(C)(=O)=O)cc3[nH]2)c1N. The summed E-state index contributed by atoms with van der Waals surface area (Å²) in [5.74, 6) is 0.215. The van der Waals surface area contributed by atoms with E-state index in [1.165, 1.54) is 16.9 Å². The van der Waals surface area contributed by atoms with Gasteiger partial charge in [-0.1, -0.05) is 12.1 Å². The minimum Gasteiger partial charge on any atom is -0.488 e. The third-order valence-electron chi connectivity index (χ3n) is 8.27. The first-order chi connectivity index (χ1) is 22.4. The van der Waals surface area contributed by atoms with Gasteiger partial charge in [0.1, 0.15) is 23.4 Å². The minimum atomic E-state index is -3.61. The number of nitrogens with zero attached hydrogens (tertiary/aromatic N) is 3. The van der Waals surface area contributed by atoms with Crippen molar-refractivity contribution in [2.75, 3.05) is 29.8 Å². The molecular formula is C34H37FN6O5S. The summed E-state index contributed by atoms with van der Waals surface area (Å²) in [7, 11) is -3.61. The molecule has 1 aliphatic rings. The first-order valence-electron chi connectivity index (χ1n) is 15.3. The topological polar surface area (TPSA) is 145 Å². The zero-order chi connectivity index (χ0) is 33.5. The third kappa shape index (κ3) is 6.96. The van der Waals surface area contributed by atoms with Crippen LogP contribution < -0.4 is 19.9 Å². The number of aromatic nitrogens is 3. The van der Waals surface area contributed by atoms with Gasteiger partial charge in [0.15, 0.2) is 11.6 Å². The van der Waals surface area contributed by atoms with E-state index in [2.05, 4.69) is 33.6 Å². The van der Waals surface area contributed by atoms with Gasteiger partial charge in [0.2, 0.25) is 15.8 Å². The van der Waals surface area contributed by atoms with E-state index >= 15 is 0 Å². The highest BCUT2D eigenvalue weighted by Crippen LogP contribution is 2.35. The molecule has 47 heavy (non-hydrogen) atoms. The Morgan fingerprint density at radius 2 is 1.83 bits per heavy atom. The fourth-order valence-corrected chi connectivity index (χ4v) is 6.36. The van der Waals surface area contributed by atoms with Crippen LogP contribution in [0.5, 0.6) is 17.2 Å². The van der Waals surface area contributed by atoms with Crippen LogP contribution in [0.25, 0.3) is 16.6 Å². The number of nitrogens with one attached hydrogen (secondary N) is 2.